The van der Waals surface area contributed by atoms with Gasteiger partial charge in [0.05, 0.1) is 18.8 Å². The third-order valence-corrected chi connectivity index (χ3v) is 3.85. The molecule has 0 aromatic rings. The zero-order valence-corrected chi connectivity index (χ0v) is 11.3. The van der Waals surface area contributed by atoms with Crippen molar-refractivity contribution in [3.63, 3.8) is 0 Å². The third-order valence-electron chi connectivity index (χ3n) is 3.85. The summed E-state index contributed by atoms with van der Waals surface area (Å²) in [7, 11) is 0. The summed E-state index contributed by atoms with van der Waals surface area (Å²) in [4.78, 5) is 0. The van der Waals surface area contributed by atoms with Gasteiger partial charge in [0, 0.05) is 0 Å². The molecule has 1 aliphatic rings. The van der Waals surface area contributed by atoms with Crippen LogP contribution in [0.3, 0.4) is 0 Å². The molecule has 16 heavy (non-hydrogen) atoms. The Kier molecular flexibility index (Phi) is 5.26. The first-order valence-electron chi connectivity index (χ1n) is 6.73. The molecule has 96 valence electrons. The Balaban J connectivity index is 2.33. The van der Waals surface area contributed by atoms with Crippen LogP contribution in [0, 0.1) is 11.3 Å². The first kappa shape index (κ1) is 14.0. The molecule has 1 rings (SSSR count). The van der Waals surface area contributed by atoms with E-state index in [2.05, 4.69) is 20.8 Å². The quantitative estimate of drug-likeness (QED) is 0.799. The minimum atomic E-state index is -0.282. The molecule has 1 fully saturated rings. The van der Waals surface area contributed by atoms with Crippen molar-refractivity contribution in [2.24, 2.45) is 11.3 Å². The highest BCUT2D eigenvalue weighted by atomic mass is 16.5. The summed E-state index contributed by atoms with van der Waals surface area (Å²) in [5.41, 5.74) is 0.394. The molecule has 1 aliphatic carbocycles. The molecule has 1 N–H and O–H groups in total. The number of hydrogen-bond donors (Lipinski definition) is 1. The number of rotatable bonds is 4. The standard InChI is InChI=1S/C14H28O2/c1-5-12(15)10-16-13-8-6-7-11(9-13)14(2,3)4/h11-13,15H,5-10H2,1-4H3/t11-,12?,13-/m0/s1. The van der Waals surface area contributed by atoms with Gasteiger partial charge in [-0.15, -0.1) is 0 Å². The second kappa shape index (κ2) is 6.02. The van der Waals surface area contributed by atoms with Crippen LogP contribution in [0.25, 0.3) is 0 Å². The summed E-state index contributed by atoms with van der Waals surface area (Å²) in [5, 5.41) is 9.49. The lowest BCUT2D eigenvalue weighted by Crippen LogP contribution is -2.32. The van der Waals surface area contributed by atoms with Gasteiger partial charge in [0.2, 0.25) is 0 Å². The van der Waals surface area contributed by atoms with Gasteiger partial charge in [0.25, 0.3) is 0 Å². The van der Waals surface area contributed by atoms with Gasteiger partial charge in [-0.2, -0.15) is 0 Å². The maximum atomic E-state index is 9.49. The van der Waals surface area contributed by atoms with Crippen LogP contribution in [0.4, 0.5) is 0 Å². The number of aliphatic hydroxyl groups excluding tert-OH is 1. The molecule has 0 heterocycles. The lowest BCUT2D eigenvalue weighted by molar-refractivity contribution is -0.0442. The Morgan fingerprint density at radius 1 is 1.31 bits per heavy atom. The topological polar surface area (TPSA) is 29.5 Å². The molecule has 0 amide bonds. The van der Waals surface area contributed by atoms with Crippen LogP contribution in [0.5, 0.6) is 0 Å². The van der Waals surface area contributed by atoms with E-state index in [-0.39, 0.29) is 6.10 Å². The van der Waals surface area contributed by atoms with Crippen molar-refractivity contribution in [2.45, 2.75) is 72.0 Å². The van der Waals surface area contributed by atoms with Crippen LogP contribution in [-0.4, -0.2) is 23.9 Å². The first-order chi connectivity index (χ1) is 7.43. The van der Waals surface area contributed by atoms with Crippen molar-refractivity contribution in [1.29, 1.82) is 0 Å². The summed E-state index contributed by atoms with van der Waals surface area (Å²) < 4.78 is 5.81. The summed E-state index contributed by atoms with van der Waals surface area (Å²) >= 11 is 0. The smallest absolute Gasteiger partial charge is 0.0771 e. The fourth-order valence-corrected chi connectivity index (χ4v) is 2.45. The van der Waals surface area contributed by atoms with Gasteiger partial charge < -0.3 is 9.84 Å². The van der Waals surface area contributed by atoms with E-state index in [1.165, 1.54) is 25.7 Å². The van der Waals surface area contributed by atoms with Gasteiger partial charge in [-0.1, -0.05) is 34.1 Å². The van der Waals surface area contributed by atoms with E-state index >= 15 is 0 Å². The van der Waals surface area contributed by atoms with Crippen molar-refractivity contribution >= 4 is 0 Å². The average molecular weight is 228 g/mol. The van der Waals surface area contributed by atoms with E-state index in [1.54, 1.807) is 0 Å². The molecule has 0 saturated heterocycles. The molecular weight excluding hydrogens is 200 g/mol. The van der Waals surface area contributed by atoms with E-state index in [1.807, 2.05) is 6.92 Å². The van der Waals surface area contributed by atoms with Crippen LogP contribution in [0.2, 0.25) is 0 Å². The van der Waals surface area contributed by atoms with Gasteiger partial charge in [-0.05, 0) is 37.0 Å². The summed E-state index contributed by atoms with van der Waals surface area (Å²) in [6.45, 7) is 9.47. The third kappa shape index (κ3) is 4.42. The Labute approximate surface area is 100 Å². The van der Waals surface area contributed by atoms with Crippen LogP contribution in [0.1, 0.15) is 59.8 Å². The molecule has 1 unspecified atom stereocenters. The Morgan fingerprint density at radius 2 is 2.00 bits per heavy atom. The summed E-state index contributed by atoms with van der Waals surface area (Å²) in [6, 6.07) is 0. The summed E-state index contributed by atoms with van der Waals surface area (Å²) in [6.07, 6.45) is 5.82. The van der Waals surface area contributed by atoms with Crippen LogP contribution >= 0.6 is 0 Å². The van der Waals surface area contributed by atoms with Crippen molar-refractivity contribution in [2.75, 3.05) is 6.61 Å². The van der Waals surface area contributed by atoms with Crippen LogP contribution in [0.15, 0.2) is 0 Å². The van der Waals surface area contributed by atoms with Crippen LogP contribution < -0.4 is 0 Å². The SMILES string of the molecule is CCC(O)CO[C@H]1CCC[C@H](C(C)(C)C)C1. The normalized spacial score (nSPS) is 29.1. The van der Waals surface area contributed by atoms with E-state index < -0.39 is 0 Å². The molecule has 3 atom stereocenters. The second-order valence-electron chi connectivity index (χ2n) is 6.25. The van der Waals surface area contributed by atoms with E-state index in [4.69, 9.17) is 4.74 Å². The molecule has 2 heteroatoms. The van der Waals surface area contributed by atoms with Crippen molar-refractivity contribution in [3.05, 3.63) is 0 Å². The highest BCUT2D eigenvalue weighted by Gasteiger charge is 2.31. The molecule has 0 aliphatic heterocycles. The first-order valence-corrected chi connectivity index (χ1v) is 6.73. The predicted molar refractivity (Wildman–Crippen MR) is 67.5 cm³/mol. The molecule has 0 spiro atoms. The van der Waals surface area contributed by atoms with Gasteiger partial charge >= 0.3 is 0 Å². The van der Waals surface area contributed by atoms with E-state index in [0.717, 1.165) is 12.3 Å². The fraction of sp³-hybridized carbons (Fsp3) is 1.00. The number of aliphatic hydroxyl groups is 1. The predicted octanol–water partition coefficient (Wildman–Crippen LogP) is 3.38. The van der Waals surface area contributed by atoms with Crippen molar-refractivity contribution < 1.29 is 9.84 Å². The highest BCUT2D eigenvalue weighted by molar-refractivity contribution is 4.81. The van der Waals surface area contributed by atoms with Gasteiger partial charge in [0.1, 0.15) is 0 Å². The lowest BCUT2D eigenvalue weighted by atomic mass is 9.71. The second-order valence-corrected chi connectivity index (χ2v) is 6.25. The Morgan fingerprint density at radius 3 is 2.56 bits per heavy atom. The van der Waals surface area contributed by atoms with E-state index in [0.29, 0.717) is 18.1 Å². The van der Waals surface area contributed by atoms with Gasteiger partial charge in [0.15, 0.2) is 0 Å². The zero-order chi connectivity index (χ0) is 12.2. The summed E-state index contributed by atoms with van der Waals surface area (Å²) in [5.74, 6) is 0.769. The highest BCUT2D eigenvalue weighted by Crippen LogP contribution is 2.38. The average Bonchev–Trinajstić information content (AvgIpc) is 2.25. The Bertz CT molecular complexity index is 195. The van der Waals surface area contributed by atoms with Crippen molar-refractivity contribution in [1.82, 2.24) is 0 Å². The zero-order valence-electron chi connectivity index (χ0n) is 11.3. The number of hydrogen-bond acceptors (Lipinski definition) is 2. The molecule has 2 nitrogen and oxygen atoms in total. The molecule has 0 aromatic carbocycles. The lowest BCUT2D eigenvalue weighted by Gasteiger charge is -2.37. The molecule has 1 saturated carbocycles. The van der Waals surface area contributed by atoms with Crippen LogP contribution in [-0.2, 0) is 4.74 Å². The van der Waals surface area contributed by atoms with Gasteiger partial charge in [-0.25, -0.2) is 0 Å². The Hall–Kier alpha value is -0.0800. The minimum absolute atomic E-state index is 0.282. The minimum Gasteiger partial charge on any atom is -0.391 e. The van der Waals surface area contributed by atoms with Gasteiger partial charge in [-0.3, -0.25) is 0 Å². The molecule has 0 radical (unpaired) electrons. The monoisotopic (exact) mass is 228 g/mol. The number of ether oxygens (including phenoxy) is 1. The van der Waals surface area contributed by atoms with Crippen molar-refractivity contribution in [3.8, 4) is 0 Å². The molecular formula is C14H28O2. The van der Waals surface area contributed by atoms with E-state index in [9.17, 15) is 5.11 Å². The molecule has 0 bridgehead atoms. The maximum absolute atomic E-state index is 9.49. The maximum Gasteiger partial charge on any atom is 0.0771 e. The fourth-order valence-electron chi connectivity index (χ4n) is 2.45. The largest absolute Gasteiger partial charge is 0.391 e. The molecule has 0 aromatic heterocycles.